The number of halogens is 2. The monoisotopic (exact) mass is 299 g/mol. The number of aromatic nitrogens is 2. The smallest absolute Gasteiger partial charge is 0.251 e. The van der Waals surface area contributed by atoms with Crippen molar-refractivity contribution in [2.45, 2.75) is 38.5 Å². The van der Waals surface area contributed by atoms with Crippen LogP contribution in [0.4, 0.5) is 20.5 Å². The van der Waals surface area contributed by atoms with Crippen molar-refractivity contribution in [1.29, 1.82) is 0 Å². The minimum atomic E-state index is -2.59. The Morgan fingerprint density at radius 3 is 2.76 bits per heavy atom. The first kappa shape index (κ1) is 15.9. The number of aryl methyl sites for hydroxylation is 1. The van der Waals surface area contributed by atoms with Crippen molar-refractivity contribution in [2.24, 2.45) is 5.92 Å². The summed E-state index contributed by atoms with van der Waals surface area (Å²) in [6, 6.07) is 1.66. The fraction of sp³-hybridized carbons (Fsp3) is 0.714. The Bertz CT molecular complexity index is 440. The Kier molecular flexibility index (Phi) is 5.27. The molecule has 0 aliphatic carbocycles. The molecule has 0 radical (unpaired) electrons. The van der Waals surface area contributed by atoms with Gasteiger partial charge in [0.2, 0.25) is 5.95 Å². The van der Waals surface area contributed by atoms with Crippen LogP contribution in [0, 0.1) is 12.8 Å². The van der Waals surface area contributed by atoms with Gasteiger partial charge in [-0.25, -0.2) is 13.8 Å². The second-order valence-corrected chi connectivity index (χ2v) is 5.57. The molecule has 0 saturated carbocycles. The van der Waals surface area contributed by atoms with E-state index in [4.69, 9.17) is 5.73 Å². The molecule has 118 valence electrons. The lowest BCUT2D eigenvalue weighted by atomic mass is 9.89. The van der Waals surface area contributed by atoms with Crippen LogP contribution >= 0.6 is 0 Å². The van der Waals surface area contributed by atoms with Crippen LogP contribution < -0.4 is 16.4 Å². The van der Waals surface area contributed by atoms with Crippen molar-refractivity contribution in [3.63, 3.8) is 0 Å². The number of nitrogen functional groups attached to an aromatic ring is 1. The Morgan fingerprint density at radius 2 is 2.10 bits per heavy atom. The van der Waals surface area contributed by atoms with E-state index in [2.05, 4.69) is 20.6 Å². The normalized spacial score (nSPS) is 16.9. The van der Waals surface area contributed by atoms with Gasteiger partial charge in [0.1, 0.15) is 5.82 Å². The average molecular weight is 299 g/mol. The number of rotatable bonds is 6. The Morgan fingerprint density at radius 1 is 1.38 bits per heavy atom. The van der Waals surface area contributed by atoms with Crippen molar-refractivity contribution in [3.05, 3.63) is 11.8 Å². The molecule has 1 saturated heterocycles. The number of nitrogens with zero attached hydrogens (tertiary/aromatic N) is 2. The summed E-state index contributed by atoms with van der Waals surface area (Å²) in [7, 11) is 0. The Hall–Kier alpha value is -1.50. The summed E-state index contributed by atoms with van der Waals surface area (Å²) in [6.07, 6.45) is 1.38. The fourth-order valence-electron chi connectivity index (χ4n) is 2.64. The van der Waals surface area contributed by atoms with Gasteiger partial charge < -0.3 is 16.4 Å². The summed E-state index contributed by atoms with van der Waals surface area (Å²) in [5.41, 5.74) is 6.37. The summed E-state index contributed by atoms with van der Waals surface area (Å²) in [4.78, 5) is 8.18. The first-order valence-electron chi connectivity index (χ1n) is 7.41. The van der Waals surface area contributed by atoms with Crippen LogP contribution in [0.15, 0.2) is 6.07 Å². The highest BCUT2D eigenvalue weighted by molar-refractivity contribution is 5.37. The maximum absolute atomic E-state index is 14.1. The molecule has 0 amide bonds. The summed E-state index contributed by atoms with van der Waals surface area (Å²) < 4.78 is 28.1. The van der Waals surface area contributed by atoms with Gasteiger partial charge in [0.15, 0.2) is 0 Å². The second-order valence-electron chi connectivity index (χ2n) is 5.57. The molecule has 5 nitrogen and oxygen atoms in total. The SMILES string of the molecule is Cc1cc(N)nc(NCCCC(F)(F)C2CCNCC2)n1. The highest BCUT2D eigenvalue weighted by Crippen LogP contribution is 2.35. The maximum atomic E-state index is 14.1. The largest absolute Gasteiger partial charge is 0.384 e. The van der Waals surface area contributed by atoms with Gasteiger partial charge in [0, 0.05) is 30.6 Å². The van der Waals surface area contributed by atoms with E-state index in [1.165, 1.54) is 0 Å². The molecule has 7 heteroatoms. The topological polar surface area (TPSA) is 75.9 Å². The van der Waals surface area contributed by atoms with E-state index in [0.717, 1.165) is 5.69 Å². The summed E-state index contributed by atoms with van der Waals surface area (Å²) in [6.45, 7) is 3.61. The van der Waals surface area contributed by atoms with Crippen molar-refractivity contribution < 1.29 is 8.78 Å². The third-order valence-electron chi connectivity index (χ3n) is 3.78. The maximum Gasteiger partial charge on any atom is 0.251 e. The predicted octanol–water partition coefficient (Wildman–Crippen LogP) is 2.19. The van der Waals surface area contributed by atoms with E-state index in [9.17, 15) is 8.78 Å². The number of nitrogens with two attached hydrogens (primary N) is 1. The van der Waals surface area contributed by atoms with E-state index in [0.29, 0.717) is 50.7 Å². The van der Waals surface area contributed by atoms with Gasteiger partial charge in [0.25, 0.3) is 5.92 Å². The van der Waals surface area contributed by atoms with Crippen LogP contribution in [-0.4, -0.2) is 35.5 Å². The van der Waals surface area contributed by atoms with Crippen LogP contribution in [0.1, 0.15) is 31.4 Å². The molecule has 1 fully saturated rings. The van der Waals surface area contributed by atoms with Crippen molar-refractivity contribution in [1.82, 2.24) is 15.3 Å². The molecular formula is C14H23F2N5. The number of hydrogen-bond donors (Lipinski definition) is 3. The summed E-state index contributed by atoms with van der Waals surface area (Å²) >= 11 is 0. The van der Waals surface area contributed by atoms with Gasteiger partial charge in [-0.2, -0.15) is 4.98 Å². The second kappa shape index (κ2) is 6.98. The molecule has 0 aromatic carbocycles. The van der Waals surface area contributed by atoms with Crippen LogP contribution in [0.5, 0.6) is 0 Å². The third-order valence-corrected chi connectivity index (χ3v) is 3.78. The molecule has 1 aliphatic heterocycles. The molecule has 21 heavy (non-hydrogen) atoms. The predicted molar refractivity (Wildman–Crippen MR) is 79.4 cm³/mol. The zero-order chi connectivity index (χ0) is 15.3. The lowest BCUT2D eigenvalue weighted by molar-refractivity contribution is -0.0756. The van der Waals surface area contributed by atoms with Crippen molar-refractivity contribution in [2.75, 3.05) is 30.7 Å². The zero-order valence-corrected chi connectivity index (χ0v) is 12.3. The van der Waals surface area contributed by atoms with Crippen molar-refractivity contribution >= 4 is 11.8 Å². The van der Waals surface area contributed by atoms with Crippen LogP contribution in [0.3, 0.4) is 0 Å². The minimum Gasteiger partial charge on any atom is -0.384 e. The molecule has 0 spiro atoms. The third kappa shape index (κ3) is 4.77. The molecule has 0 atom stereocenters. The Labute approximate surface area is 123 Å². The highest BCUT2D eigenvalue weighted by Gasteiger charge is 2.38. The first-order chi connectivity index (χ1) is 9.97. The van der Waals surface area contributed by atoms with E-state index in [1.54, 1.807) is 6.07 Å². The summed E-state index contributed by atoms with van der Waals surface area (Å²) in [5, 5.41) is 6.07. The van der Waals surface area contributed by atoms with Gasteiger partial charge >= 0.3 is 0 Å². The molecular weight excluding hydrogens is 276 g/mol. The minimum absolute atomic E-state index is 0.105. The summed E-state index contributed by atoms with van der Waals surface area (Å²) in [5.74, 6) is -2.30. The quantitative estimate of drug-likeness (QED) is 0.702. The molecule has 0 unspecified atom stereocenters. The molecule has 1 aromatic heterocycles. The molecule has 2 heterocycles. The van der Waals surface area contributed by atoms with Crippen LogP contribution in [0.2, 0.25) is 0 Å². The Balaban J connectivity index is 1.75. The first-order valence-corrected chi connectivity index (χ1v) is 7.41. The number of hydrogen-bond acceptors (Lipinski definition) is 5. The van der Waals surface area contributed by atoms with E-state index < -0.39 is 11.8 Å². The van der Waals surface area contributed by atoms with Gasteiger partial charge in [-0.3, -0.25) is 0 Å². The number of anilines is 2. The zero-order valence-electron chi connectivity index (χ0n) is 12.3. The van der Waals surface area contributed by atoms with Crippen molar-refractivity contribution in [3.8, 4) is 0 Å². The molecule has 0 bridgehead atoms. The van der Waals surface area contributed by atoms with Gasteiger partial charge in [-0.1, -0.05) is 0 Å². The highest BCUT2D eigenvalue weighted by atomic mass is 19.3. The van der Waals surface area contributed by atoms with Gasteiger partial charge in [-0.15, -0.1) is 0 Å². The molecule has 1 aromatic rings. The number of alkyl halides is 2. The van der Waals surface area contributed by atoms with E-state index in [1.807, 2.05) is 6.92 Å². The van der Waals surface area contributed by atoms with Gasteiger partial charge in [-0.05, 0) is 39.3 Å². The average Bonchev–Trinajstić information content (AvgIpc) is 2.44. The van der Waals surface area contributed by atoms with Crippen LogP contribution in [0.25, 0.3) is 0 Å². The van der Waals surface area contributed by atoms with E-state index in [-0.39, 0.29) is 6.42 Å². The fourth-order valence-corrected chi connectivity index (χ4v) is 2.64. The molecule has 4 N–H and O–H groups in total. The number of piperidine rings is 1. The number of nitrogens with one attached hydrogen (secondary N) is 2. The standard InChI is InChI=1S/C14H23F2N5/c1-10-9-12(17)21-13(20-10)19-6-2-5-14(15,16)11-3-7-18-8-4-11/h9,11,18H,2-8H2,1H3,(H3,17,19,20,21). The lowest BCUT2D eigenvalue weighted by Crippen LogP contribution is -2.38. The van der Waals surface area contributed by atoms with Crippen LogP contribution in [-0.2, 0) is 0 Å². The molecule has 2 rings (SSSR count). The lowest BCUT2D eigenvalue weighted by Gasteiger charge is -2.30. The van der Waals surface area contributed by atoms with E-state index >= 15 is 0 Å². The molecule has 1 aliphatic rings. The van der Waals surface area contributed by atoms with Gasteiger partial charge in [0.05, 0.1) is 0 Å².